The summed E-state index contributed by atoms with van der Waals surface area (Å²) in [5.74, 6) is 0. The predicted molar refractivity (Wildman–Crippen MR) is 69.2 cm³/mol. The minimum Gasteiger partial charge on any atom is -0.297 e. The summed E-state index contributed by atoms with van der Waals surface area (Å²) in [6, 6.07) is 10.7. The van der Waals surface area contributed by atoms with Crippen molar-refractivity contribution in [3.63, 3.8) is 0 Å². The number of hydrogen-bond donors (Lipinski definition) is 0. The monoisotopic (exact) mass is 242 g/mol. The molecule has 4 nitrogen and oxygen atoms in total. The fourth-order valence-corrected chi connectivity index (χ4v) is 2.46. The summed E-state index contributed by atoms with van der Waals surface area (Å²) in [7, 11) is 0. The van der Waals surface area contributed by atoms with Crippen molar-refractivity contribution in [2.75, 3.05) is 0 Å². The molecule has 4 heteroatoms. The second kappa shape index (κ2) is 4.29. The number of rotatable bonds is 1. The maximum absolute atomic E-state index is 12.4. The third kappa shape index (κ3) is 1.70. The van der Waals surface area contributed by atoms with Gasteiger partial charge in [0.2, 0.25) is 0 Å². The van der Waals surface area contributed by atoms with E-state index in [0.717, 1.165) is 25.0 Å². The largest absolute Gasteiger partial charge is 0.335 e. The van der Waals surface area contributed by atoms with Crippen molar-refractivity contribution in [2.24, 2.45) is 0 Å². The van der Waals surface area contributed by atoms with Crippen LogP contribution in [-0.2, 0) is 13.0 Å². The standard InChI is InChI=1S/C14H14N2O2/c17-13-10-12-8-4-5-9-15(12)14(18)16(13)11-6-2-1-3-7-11/h1-3,6-7,10H,4-5,8-9H2. The summed E-state index contributed by atoms with van der Waals surface area (Å²) in [5, 5.41) is 0. The van der Waals surface area contributed by atoms with Crippen molar-refractivity contribution in [1.29, 1.82) is 0 Å². The first kappa shape index (κ1) is 11.0. The normalized spacial score (nSPS) is 14.2. The Hall–Kier alpha value is -2.10. The van der Waals surface area contributed by atoms with Crippen molar-refractivity contribution in [2.45, 2.75) is 25.8 Å². The van der Waals surface area contributed by atoms with E-state index in [-0.39, 0.29) is 11.2 Å². The van der Waals surface area contributed by atoms with Gasteiger partial charge in [0.05, 0.1) is 5.69 Å². The van der Waals surface area contributed by atoms with E-state index in [4.69, 9.17) is 0 Å². The van der Waals surface area contributed by atoms with Crippen molar-refractivity contribution < 1.29 is 0 Å². The van der Waals surface area contributed by atoms with Gasteiger partial charge in [-0.15, -0.1) is 0 Å². The Morgan fingerprint density at radius 3 is 2.56 bits per heavy atom. The molecule has 0 unspecified atom stereocenters. The van der Waals surface area contributed by atoms with Gasteiger partial charge in [-0.3, -0.25) is 9.36 Å². The van der Waals surface area contributed by atoms with E-state index in [1.165, 1.54) is 4.57 Å². The first-order valence-corrected chi connectivity index (χ1v) is 6.18. The van der Waals surface area contributed by atoms with Crippen LogP contribution in [0.5, 0.6) is 0 Å². The van der Waals surface area contributed by atoms with E-state index in [1.54, 1.807) is 22.8 Å². The Labute approximate surface area is 104 Å². The Morgan fingerprint density at radius 2 is 1.78 bits per heavy atom. The van der Waals surface area contributed by atoms with Crippen LogP contribution in [0.15, 0.2) is 46.0 Å². The zero-order valence-electron chi connectivity index (χ0n) is 10.0. The molecule has 0 saturated heterocycles. The van der Waals surface area contributed by atoms with Gasteiger partial charge >= 0.3 is 5.69 Å². The lowest BCUT2D eigenvalue weighted by Gasteiger charge is -2.19. The summed E-state index contributed by atoms with van der Waals surface area (Å²) in [6.45, 7) is 0.710. The molecule has 0 atom stereocenters. The number of aromatic nitrogens is 2. The summed E-state index contributed by atoms with van der Waals surface area (Å²) >= 11 is 0. The van der Waals surface area contributed by atoms with Crippen LogP contribution in [0.3, 0.4) is 0 Å². The Morgan fingerprint density at radius 1 is 1.00 bits per heavy atom. The van der Waals surface area contributed by atoms with E-state index in [9.17, 15) is 9.59 Å². The molecule has 0 fully saturated rings. The molecule has 18 heavy (non-hydrogen) atoms. The highest BCUT2D eigenvalue weighted by Crippen LogP contribution is 2.10. The quantitative estimate of drug-likeness (QED) is 0.757. The van der Waals surface area contributed by atoms with Crippen molar-refractivity contribution >= 4 is 0 Å². The van der Waals surface area contributed by atoms with Gasteiger partial charge in [-0.2, -0.15) is 0 Å². The molecule has 0 spiro atoms. The Bertz CT molecular complexity index is 683. The van der Waals surface area contributed by atoms with Crippen LogP contribution in [0.2, 0.25) is 0 Å². The highest BCUT2D eigenvalue weighted by molar-refractivity contribution is 5.31. The Kier molecular flexibility index (Phi) is 2.63. The molecule has 0 radical (unpaired) electrons. The highest BCUT2D eigenvalue weighted by Gasteiger charge is 2.15. The molecule has 3 rings (SSSR count). The number of aryl methyl sites for hydroxylation is 1. The van der Waals surface area contributed by atoms with Crippen molar-refractivity contribution in [3.8, 4) is 5.69 Å². The number of fused-ring (bicyclic) bond motifs is 1. The maximum Gasteiger partial charge on any atom is 0.335 e. The lowest BCUT2D eigenvalue weighted by Crippen LogP contribution is -2.41. The fourth-order valence-electron chi connectivity index (χ4n) is 2.46. The maximum atomic E-state index is 12.4. The van der Waals surface area contributed by atoms with Crippen LogP contribution in [0.4, 0.5) is 0 Å². The van der Waals surface area contributed by atoms with Crippen LogP contribution >= 0.6 is 0 Å². The van der Waals surface area contributed by atoms with Gasteiger partial charge in [-0.05, 0) is 31.4 Å². The number of benzene rings is 1. The van der Waals surface area contributed by atoms with Gasteiger partial charge in [0.1, 0.15) is 0 Å². The van der Waals surface area contributed by atoms with Gasteiger partial charge < -0.3 is 0 Å². The van der Waals surface area contributed by atoms with E-state index in [2.05, 4.69) is 0 Å². The van der Waals surface area contributed by atoms with Crippen molar-refractivity contribution in [1.82, 2.24) is 9.13 Å². The molecule has 1 aliphatic heterocycles. The molecule has 1 aliphatic rings. The van der Waals surface area contributed by atoms with Gasteiger partial charge in [0.15, 0.2) is 0 Å². The van der Waals surface area contributed by atoms with Gasteiger partial charge in [-0.1, -0.05) is 18.2 Å². The zero-order chi connectivity index (χ0) is 12.5. The molecule has 0 N–H and O–H groups in total. The van der Waals surface area contributed by atoms with Crippen LogP contribution in [0, 0.1) is 0 Å². The smallest absolute Gasteiger partial charge is 0.297 e. The van der Waals surface area contributed by atoms with E-state index in [0.29, 0.717) is 12.2 Å². The second-order valence-electron chi connectivity index (χ2n) is 4.54. The molecule has 0 amide bonds. The first-order valence-electron chi connectivity index (χ1n) is 6.18. The average molecular weight is 242 g/mol. The molecule has 0 bridgehead atoms. The third-order valence-corrected chi connectivity index (χ3v) is 3.36. The Balaban J connectivity index is 2.29. The molecular formula is C14H14N2O2. The molecular weight excluding hydrogens is 228 g/mol. The first-order chi connectivity index (χ1) is 8.77. The van der Waals surface area contributed by atoms with Gasteiger partial charge in [-0.25, -0.2) is 9.36 Å². The summed E-state index contributed by atoms with van der Waals surface area (Å²) in [5.41, 5.74) is 1.04. The minimum atomic E-state index is -0.237. The summed E-state index contributed by atoms with van der Waals surface area (Å²) in [4.78, 5) is 24.4. The van der Waals surface area contributed by atoms with Crippen LogP contribution in [0.1, 0.15) is 18.5 Å². The molecule has 1 aromatic carbocycles. The highest BCUT2D eigenvalue weighted by atomic mass is 16.2. The topological polar surface area (TPSA) is 44.0 Å². The number of hydrogen-bond acceptors (Lipinski definition) is 2. The SMILES string of the molecule is O=c1cc2n(c(=O)n1-c1ccccc1)CCCC2. The van der Waals surface area contributed by atoms with Crippen molar-refractivity contribution in [3.05, 3.63) is 62.9 Å². The molecule has 2 heterocycles. The minimum absolute atomic E-state index is 0.219. The van der Waals surface area contributed by atoms with Gasteiger partial charge in [0.25, 0.3) is 5.56 Å². The summed E-state index contributed by atoms with van der Waals surface area (Å²) < 4.78 is 2.96. The molecule has 2 aromatic rings. The second-order valence-corrected chi connectivity index (χ2v) is 4.54. The zero-order valence-corrected chi connectivity index (χ0v) is 10.0. The van der Waals surface area contributed by atoms with E-state index >= 15 is 0 Å². The predicted octanol–water partition coefficient (Wildman–Crippen LogP) is 1.34. The average Bonchev–Trinajstić information content (AvgIpc) is 2.40. The number of para-hydroxylation sites is 1. The van der Waals surface area contributed by atoms with Gasteiger partial charge in [0, 0.05) is 18.3 Å². The molecule has 1 aromatic heterocycles. The summed E-state index contributed by atoms with van der Waals surface area (Å²) in [6.07, 6.45) is 2.87. The van der Waals surface area contributed by atoms with E-state index in [1.807, 2.05) is 18.2 Å². The lowest BCUT2D eigenvalue weighted by molar-refractivity contribution is 0.491. The van der Waals surface area contributed by atoms with Crippen LogP contribution in [-0.4, -0.2) is 9.13 Å². The lowest BCUT2D eigenvalue weighted by atomic mass is 10.1. The third-order valence-electron chi connectivity index (χ3n) is 3.36. The molecule has 0 aliphatic carbocycles. The molecule has 0 saturated carbocycles. The van der Waals surface area contributed by atoms with E-state index < -0.39 is 0 Å². The fraction of sp³-hybridized carbons (Fsp3) is 0.286. The van der Waals surface area contributed by atoms with Crippen LogP contribution < -0.4 is 11.2 Å². The number of nitrogens with zero attached hydrogens (tertiary/aromatic N) is 2. The van der Waals surface area contributed by atoms with Crippen LogP contribution in [0.25, 0.3) is 5.69 Å². The molecule has 92 valence electrons.